The molecular weight excluding hydrogens is 423 g/mol. The molecule has 0 aromatic heterocycles. The minimum atomic E-state index is -1.22. The Balaban J connectivity index is 0.00000961. The maximum absolute atomic E-state index is 11.2. The Morgan fingerprint density at radius 2 is 0.938 bits per heavy atom. The molecule has 1 saturated heterocycles. The molecule has 1 fully saturated rings. The number of aliphatic carboxylic acids is 3. The van der Waals surface area contributed by atoms with Crippen LogP contribution in [0, 0.1) is 0 Å². The fourth-order valence-corrected chi connectivity index (χ4v) is 3.53. The van der Waals surface area contributed by atoms with Crippen LogP contribution >= 0.6 is 0 Å². The van der Waals surface area contributed by atoms with E-state index in [9.17, 15) is 39.9 Å². The van der Waals surface area contributed by atoms with Gasteiger partial charge in [-0.2, -0.15) is 0 Å². The van der Waals surface area contributed by atoms with Crippen molar-refractivity contribution in [3.63, 3.8) is 0 Å². The third kappa shape index (κ3) is 12.1. The standard InChI is InChI=1S/C18H34N4O9.Li/c23-12-14(15(25)13-24)22-7-5-20(10-17(28)29)3-1-19(9-16(26)27)2-4-21(6-8-22)11-18(30)31;/h14-15,23-25H,1-13H2,(H,26,27)(H,28,29)(H,30,31);. The van der Waals surface area contributed by atoms with Crippen molar-refractivity contribution in [1.82, 2.24) is 19.6 Å². The molecule has 181 valence electrons. The molecule has 0 saturated carbocycles. The van der Waals surface area contributed by atoms with Crippen LogP contribution in [0.2, 0.25) is 0 Å². The third-order valence-corrected chi connectivity index (χ3v) is 5.24. The van der Waals surface area contributed by atoms with Gasteiger partial charge in [0.05, 0.1) is 45.0 Å². The van der Waals surface area contributed by atoms with E-state index < -0.39 is 43.3 Å². The summed E-state index contributed by atoms with van der Waals surface area (Å²) in [5.74, 6) is -3.10. The molecule has 0 amide bonds. The number of carbonyl (C=O) groups is 3. The van der Waals surface area contributed by atoms with Crippen LogP contribution in [-0.2, 0) is 14.4 Å². The van der Waals surface area contributed by atoms with Crippen molar-refractivity contribution in [2.45, 2.75) is 12.1 Å². The Morgan fingerprint density at radius 3 is 1.19 bits per heavy atom. The van der Waals surface area contributed by atoms with Crippen molar-refractivity contribution in [2.24, 2.45) is 0 Å². The summed E-state index contributed by atoms with van der Waals surface area (Å²) in [4.78, 5) is 40.3. The number of hydrogen-bond donors (Lipinski definition) is 6. The minimum absolute atomic E-state index is 0. The van der Waals surface area contributed by atoms with Gasteiger partial charge in [-0.15, -0.1) is 0 Å². The Bertz CT molecular complexity index is 555. The van der Waals surface area contributed by atoms with E-state index in [0.29, 0.717) is 0 Å². The maximum Gasteiger partial charge on any atom is 0.317 e. The van der Waals surface area contributed by atoms with Gasteiger partial charge in [-0.1, -0.05) is 0 Å². The number of carboxylic acid groups (broad SMARTS) is 3. The van der Waals surface area contributed by atoms with Crippen LogP contribution in [0.1, 0.15) is 0 Å². The molecule has 1 rings (SSSR count). The normalized spacial score (nSPS) is 20.3. The fourth-order valence-electron chi connectivity index (χ4n) is 3.53. The second-order valence-corrected chi connectivity index (χ2v) is 7.55. The molecular formula is C18H34LiN4O9. The number of aliphatic hydroxyl groups excluding tert-OH is 3. The number of nitrogens with zero attached hydrogens (tertiary/aromatic N) is 4. The van der Waals surface area contributed by atoms with Gasteiger partial charge >= 0.3 is 17.9 Å². The quantitative estimate of drug-likeness (QED) is 0.174. The van der Waals surface area contributed by atoms with E-state index in [2.05, 4.69) is 0 Å². The summed E-state index contributed by atoms with van der Waals surface area (Å²) >= 11 is 0. The Morgan fingerprint density at radius 1 is 0.625 bits per heavy atom. The zero-order valence-corrected chi connectivity index (χ0v) is 18.5. The van der Waals surface area contributed by atoms with Gasteiger partial charge in [-0.3, -0.25) is 34.0 Å². The first-order valence-electron chi connectivity index (χ1n) is 10.1. The first-order chi connectivity index (χ1) is 14.7. The van der Waals surface area contributed by atoms with Gasteiger partial charge in [0.1, 0.15) is 0 Å². The molecule has 0 bridgehead atoms. The van der Waals surface area contributed by atoms with Gasteiger partial charge in [0, 0.05) is 71.2 Å². The molecule has 1 radical (unpaired) electrons. The van der Waals surface area contributed by atoms with Crippen LogP contribution in [0.5, 0.6) is 0 Å². The molecule has 6 N–H and O–H groups in total. The van der Waals surface area contributed by atoms with E-state index in [1.807, 2.05) is 0 Å². The molecule has 1 aliphatic heterocycles. The van der Waals surface area contributed by atoms with Crippen LogP contribution in [0.15, 0.2) is 0 Å². The monoisotopic (exact) mass is 457 g/mol. The average molecular weight is 457 g/mol. The summed E-state index contributed by atoms with van der Waals surface area (Å²) in [6.45, 7) is 0.396. The van der Waals surface area contributed by atoms with Crippen molar-refractivity contribution < 1.29 is 45.0 Å². The Kier molecular flexibility index (Phi) is 15.7. The van der Waals surface area contributed by atoms with E-state index in [4.69, 9.17) is 5.11 Å². The summed E-state index contributed by atoms with van der Waals surface area (Å²) in [7, 11) is 0. The Hall–Kier alpha value is -1.27. The first-order valence-corrected chi connectivity index (χ1v) is 10.1. The van der Waals surface area contributed by atoms with Crippen LogP contribution in [0.3, 0.4) is 0 Å². The van der Waals surface area contributed by atoms with E-state index >= 15 is 0 Å². The molecule has 0 aliphatic carbocycles. The van der Waals surface area contributed by atoms with Crippen LogP contribution < -0.4 is 0 Å². The predicted molar refractivity (Wildman–Crippen MR) is 114 cm³/mol. The van der Waals surface area contributed by atoms with Crippen molar-refractivity contribution in [3.05, 3.63) is 0 Å². The van der Waals surface area contributed by atoms with Gasteiger partial charge in [0.15, 0.2) is 0 Å². The molecule has 0 spiro atoms. The fraction of sp³-hybridized carbons (Fsp3) is 0.833. The zero-order chi connectivity index (χ0) is 23.4. The molecule has 2 unspecified atom stereocenters. The van der Waals surface area contributed by atoms with Crippen molar-refractivity contribution >= 4 is 36.8 Å². The van der Waals surface area contributed by atoms with Gasteiger partial charge in [-0.25, -0.2) is 0 Å². The van der Waals surface area contributed by atoms with E-state index in [1.54, 1.807) is 19.6 Å². The van der Waals surface area contributed by atoms with Crippen molar-refractivity contribution in [3.8, 4) is 0 Å². The summed E-state index contributed by atoms with van der Waals surface area (Å²) in [5.41, 5.74) is 0. The van der Waals surface area contributed by atoms with Crippen LogP contribution in [0.25, 0.3) is 0 Å². The number of rotatable bonds is 10. The number of hydrogen-bond acceptors (Lipinski definition) is 10. The second-order valence-electron chi connectivity index (χ2n) is 7.55. The van der Waals surface area contributed by atoms with E-state index in [0.717, 1.165) is 0 Å². The van der Waals surface area contributed by atoms with Gasteiger partial charge in [0.2, 0.25) is 0 Å². The average Bonchev–Trinajstić information content (AvgIpc) is 2.68. The van der Waals surface area contributed by atoms with Crippen molar-refractivity contribution in [2.75, 3.05) is 85.2 Å². The maximum atomic E-state index is 11.2. The molecule has 1 heterocycles. The smallest absolute Gasteiger partial charge is 0.317 e. The van der Waals surface area contributed by atoms with Gasteiger partial charge in [-0.05, 0) is 0 Å². The predicted octanol–water partition coefficient (Wildman–Crippen LogP) is -4.20. The third-order valence-electron chi connectivity index (χ3n) is 5.24. The summed E-state index contributed by atoms with van der Waals surface area (Å²) in [5, 5.41) is 56.6. The van der Waals surface area contributed by atoms with Crippen molar-refractivity contribution in [1.29, 1.82) is 0 Å². The summed E-state index contributed by atoms with van der Waals surface area (Å²) in [6, 6.07) is -0.796. The summed E-state index contributed by atoms with van der Waals surface area (Å²) in [6.07, 6.45) is -1.22. The Labute approximate surface area is 199 Å². The van der Waals surface area contributed by atoms with Crippen LogP contribution in [-0.4, -0.2) is 184 Å². The van der Waals surface area contributed by atoms with Gasteiger partial charge < -0.3 is 30.6 Å². The van der Waals surface area contributed by atoms with Gasteiger partial charge in [0.25, 0.3) is 0 Å². The molecule has 0 aromatic rings. The molecule has 2 atom stereocenters. The molecule has 14 heteroatoms. The zero-order valence-electron chi connectivity index (χ0n) is 18.5. The molecule has 32 heavy (non-hydrogen) atoms. The molecule has 13 nitrogen and oxygen atoms in total. The first kappa shape index (κ1) is 30.7. The van der Waals surface area contributed by atoms with Crippen LogP contribution in [0.4, 0.5) is 0 Å². The number of carboxylic acids is 3. The largest absolute Gasteiger partial charge is 0.480 e. The summed E-state index contributed by atoms with van der Waals surface area (Å²) < 4.78 is 0. The minimum Gasteiger partial charge on any atom is -0.480 e. The second kappa shape index (κ2) is 16.4. The molecule has 0 aromatic carbocycles. The molecule has 1 aliphatic rings. The SMILES string of the molecule is O=C(O)CN1CCN(CC(=O)O)CCN(C(CO)C(O)CO)CCN(CC(=O)O)CC1.[Li]. The van der Waals surface area contributed by atoms with E-state index in [-0.39, 0.29) is 90.9 Å². The van der Waals surface area contributed by atoms with E-state index in [1.165, 1.54) is 0 Å². The topological polar surface area (TPSA) is 186 Å². The number of aliphatic hydroxyl groups is 3.